The lowest BCUT2D eigenvalue weighted by molar-refractivity contribution is 0.414. The van der Waals surface area contributed by atoms with Crippen molar-refractivity contribution in [2.75, 3.05) is 37.4 Å². The Labute approximate surface area is 175 Å². The van der Waals surface area contributed by atoms with Gasteiger partial charge in [-0.15, -0.1) is 0 Å². The highest BCUT2D eigenvalue weighted by Gasteiger charge is 2.11. The molecule has 29 heavy (non-hydrogen) atoms. The molecule has 3 rings (SSSR count). The average Bonchev–Trinajstić information content (AvgIpc) is 2.77. The fraction of sp³-hybridized carbons (Fsp3) is 0.478. The van der Waals surface area contributed by atoms with E-state index in [1.165, 1.54) is 30.5 Å². The Kier molecular flexibility index (Phi) is 7.95. The number of ether oxygens (including phenoxy) is 1. The van der Waals surface area contributed by atoms with Crippen LogP contribution in [0.2, 0.25) is 0 Å². The van der Waals surface area contributed by atoms with Crippen molar-refractivity contribution < 1.29 is 13.2 Å². The van der Waals surface area contributed by atoms with Gasteiger partial charge in [0.2, 0.25) is 10.0 Å². The Hall–Kier alpha value is -2.05. The van der Waals surface area contributed by atoms with Crippen molar-refractivity contribution in [2.45, 2.75) is 38.5 Å². The Balaban J connectivity index is 1.37. The third-order valence-electron chi connectivity index (χ3n) is 5.44. The molecule has 0 spiro atoms. The highest BCUT2D eigenvalue weighted by Crippen LogP contribution is 2.20. The summed E-state index contributed by atoms with van der Waals surface area (Å²) in [5.41, 5.74) is 3.54. The number of aryl methyl sites for hydroxylation is 2. The molecule has 0 saturated carbocycles. The summed E-state index contributed by atoms with van der Waals surface area (Å²) in [7, 11) is -1.64. The van der Waals surface area contributed by atoms with Gasteiger partial charge in [-0.05, 0) is 73.9 Å². The quantitative estimate of drug-likeness (QED) is 0.599. The van der Waals surface area contributed by atoms with Crippen molar-refractivity contribution in [1.82, 2.24) is 4.72 Å². The minimum atomic E-state index is -3.26. The van der Waals surface area contributed by atoms with Crippen molar-refractivity contribution in [2.24, 2.45) is 0 Å². The van der Waals surface area contributed by atoms with Gasteiger partial charge in [0.15, 0.2) is 0 Å². The summed E-state index contributed by atoms with van der Waals surface area (Å²) in [6.45, 7) is 2.77. The molecule has 0 bridgehead atoms. The molecule has 0 aliphatic carbocycles. The number of piperidine rings is 1. The van der Waals surface area contributed by atoms with Crippen LogP contribution in [0.25, 0.3) is 0 Å². The van der Waals surface area contributed by atoms with Crippen LogP contribution in [0.3, 0.4) is 0 Å². The second-order valence-corrected chi connectivity index (χ2v) is 9.56. The van der Waals surface area contributed by atoms with Crippen molar-refractivity contribution in [1.29, 1.82) is 0 Å². The van der Waals surface area contributed by atoms with Crippen molar-refractivity contribution in [3.8, 4) is 5.75 Å². The Morgan fingerprint density at radius 1 is 0.897 bits per heavy atom. The van der Waals surface area contributed by atoms with Gasteiger partial charge in [0.05, 0.1) is 12.9 Å². The summed E-state index contributed by atoms with van der Waals surface area (Å²) in [6.07, 6.45) is 6.06. The van der Waals surface area contributed by atoms with Crippen LogP contribution in [0.15, 0.2) is 48.5 Å². The zero-order chi connectivity index (χ0) is 20.5. The van der Waals surface area contributed by atoms with E-state index in [0.29, 0.717) is 13.0 Å². The smallest absolute Gasteiger partial charge is 0.211 e. The van der Waals surface area contributed by atoms with Gasteiger partial charge in [-0.2, -0.15) is 0 Å². The zero-order valence-electron chi connectivity index (χ0n) is 17.3. The average molecular weight is 417 g/mol. The number of hydrogen-bond acceptors (Lipinski definition) is 4. The van der Waals surface area contributed by atoms with Gasteiger partial charge in [-0.3, -0.25) is 0 Å². The molecule has 0 aromatic heterocycles. The minimum Gasteiger partial charge on any atom is -0.497 e. The van der Waals surface area contributed by atoms with Crippen LogP contribution in [0.5, 0.6) is 5.75 Å². The summed E-state index contributed by atoms with van der Waals surface area (Å²) in [4.78, 5) is 2.45. The van der Waals surface area contributed by atoms with Gasteiger partial charge in [0, 0.05) is 25.3 Å². The summed E-state index contributed by atoms with van der Waals surface area (Å²) in [6, 6.07) is 16.2. The largest absolute Gasteiger partial charge is 0.497 e. The third kappa shape index (κ3) is 7.05. The Morgan fingerprint density at radius 2 is 1.52 bits per heavy atom. The standard InChI is InChI=1S/C23H32N2O3S/c1-28-23-13-9-21(10-14-23)15-19-29(26,27)24-16-5-6-20-7-11-22(12-8-20)25-17-3-2-4-18-25/h7-14,24H,2-6,15-19H2,1H3. The first kappa shape index (κ1) is 21.7. The van der Waals surface area contributed by atoms with Crippen LogP contribution in [-0.4, -0.2) is 40.9 Å². The molecular weight excluding hydrogens is 384 g/mol. The van der Waals surface area contributed by atoms with Crippen LogP contribution in [0.4, 0.5) is 5.69 Å². The lowest BCUT2D eigenvalue weighted by Crippen LogP contribution is -2.29. The summed E-state index contributed by atoms with van der Waals surface area (Å²) in [5, 5.41) is 0. The van der Waals surface area contributed by atoms with E-state index >= 15 is 0 Å². The first-order valence-corrected chi connectivity index (χ1v) is 12.2. The number of methoxy groups -OCH3 is 1. The van der Waals surface area contributed by atoms with E-state index in [1.807, 2.05) is 24.3 Å². The van der Waals surface area contributed by atoms with E-state index in [9.17, 15) is 8.42 Å². The molecular formula is C23H32N2O3S. The number of hydrogen-bond donors (Lipinski definition) is 1. The molecule has 1 aliphatic heterocycles. The molecule has 158 valence electrons. The van der Waals surface area contributed by atoms with Crippen LogP contribution >= 0.6 is 0 Å². The zero-order valence-corrected chi connectivity index (χ0v) is 18.1. The molecule has 0 amide bonds. The van der Waals surface area contributed by atoms with Crippen LogP contribution in [0, 0.1) is 0 Å². The number of nitrogens with one attached hydrogen (secondary N) is 1. The lowest BCUT2D eigenvalue weighted by atomic mass is 10.1. The summed E-state index contributed by atoms with van der Waals surface area (Å²) in [5.74, 6) is 0.878. The molecule has 2 aromatic carbocycles. The molecule has 1 N–H and O–H groups in total. The lowest BCUT2D eigenvalue weighted by Gasteiger charge is -2.28. The van der Waals surface area contributed by atoms with E-state index in [4.69, 9.17) is 4.74 Å². The molecule has 6 heteroatoms. The normalized spacial score (nSPS) is 14.7. The van der Waals surface area contributed by atoms with Gasteiger partial charge >= 0.3 is 0 Å². The van der Waals surface area contributed by atoms with E-state index in [2.05, 4.69) is 33.9 Å². The molecule has 1 fully saturated rings. The van der Waals surface area contributed by atoms with Gasteiger partial charge in [0.1, 0.15) is 5.75 Å². The topological polar surface area (TPSA) is 58.6 Å². The number of rotatable bonds is 10. The fourth-order valence-corrected chi connectivity index (χ4v) is 4.77. The maximum atomic E-state index is 12.2. The van der Waals surface area contributed by atoms with Crippen molar-refractivity contribution in [3.05, 3.63) is 59.7 Å². The predicted octanol–water partition coefficient (Wildman–Crippen LogP) is 3.78. The summed E-state index contributed by atoms with van der Waals surface area (Å²) >= 11 is 0. The molecule has 1 saturated heterocycles. The summed E-state index contributed by atoms with van der Waals surface area (Å²) < 4.78 is 32.3. The van der Waals surface area contributed by atoms with Crippen LogP contribution in [-0.2, 0) is 22.9 Å². The third-order valence-corrected chi connectivity index (χ3v) is 6.83. The Bertz CT molecular complexity index is 843. The van der Waals surface area contributed by atoms with Gasteiger partial charge in [0.25, 0.3) is 0 Å². The molecule has 5 nitrogen and oxygen atoms in total. The van der Waals surface area contributed by atoms with Gasteiger partial charge in [-0.25, -0.2) is 13.1 Å². The number of sulfonamides is 1. The highest BCUT2D eigenvalue weighted by molar-refractivity contribution is 7.89. The molecule has 0 unspecified atom stereocenters. The molecule has 0 radical (unpaired) electrons. The first-order chi connectivity index (χ1) is 14.1. The molecule has 1 heterocycles. The van der Waals surface area contributed by atoms with Crippen LogP contribution in [0.1, 0.15) is 36.8 Å². The van der Waals surface area contributed by atoms with Crippen LogP contribution < -0.4 is 14.4 Å². The number of anilines is 1. The number of benzene rings is 2. The molecule has 2 aromatic rings. The number of nitrogens with zero attached hydrogens (tertiary/aromatic N) is 1. The maximum Gasteiger partial charge on any atom is 0.211 e. The second-order valence-electron chi connectivity index (χ2n) is 7.63. The first-order valence-electron chi connectivity index (χ1n) is 10.5. The maximum absolute atomic E-state index is 12.2. The van der Waals surface area contributed by atoms with E-state index in [-0.39, 0.29) is 5.75 Å². The van der Waals surface area contributed by atoms with E-state index in [1.54, 1.807) is 7.11 Å². The highest BCUT2D eigenvalue weighted by atomic mass is 32.2. The monoisotopic (exact) mass is 416 g/mol. The minimum absolute atomic E-state index is 0.101. The SMILES string of the molecule is COc1ccc(CCS(=O)(=O)NCCCc2ccc(N3CCCCC3)cc2)cc1. The second kappa shape index (κ2) is 10.6. The fourth-order valence-electron chi connectivity index (χ4n) is 3.66. The molecule has 1 aliphatic rings. The Morgan fingerprint density at radius 3 is 2.17 bits per heavy atom. The van der Waals surface area contributed by atoms with Gasteiger partial charge in [-0.1, -0.05) is 24.3 Å². The van der Waals surface area contributed by atoms with E-state index in [0.717, 1.165) is 37.2 Å². The van der Waals surface area contributed by atoms with Gasteiger partial charge < -0.3 is 9.64 Å². The molecule has 0 atom stereocenters. The van der Waals surface area contributed by atoms with Crippen molar-refractivity contribution >= 4 is 15.7 Å². The van der Waals surface area contributed by atoms with E-state index < -0.39 is 10.0 Å². The predicted molar refractivity (Wildman–Crippen MR) is 119 cm³/mol. The van der Waals surface area contributed by atoms with Crippen molar-refractivity contribution in [3.63, 3.8) is 0 Å².